The summed E-state index contributed by atoms with van der Waals surface area (Å²) in [6, 6.07) is 2.03. The summed E-state index contributed by atoms with van der Waals surface area (Å²) in [4.78, 5) is 0. The molecule has 2 rings (SSSR count). The lowest BCUT2D eigenvalue weighted by Crippen LogP contribution is -1.92. The van der Waals surface area contributed by atoms with Gasteiger partial charge in [-0.25, -0.2) is 0 Å². The van der Waals surface area contributed by atoms with Gasteiger partial charge in [0.1, 0.15) is 0 Å². The van der Waals surface area contributed by atoms with E-state index in [-0.39, 0.29) is 0 Å². The van der Waals surface area contributed by atoms with Gasteiger partial charge in [0, 0.05) is 18.8 Å². The van der Waals surface area contributed by atoms with E-state index in [2.05, 4.69) is 15.3 Å². The van der Waals surface area contributed by atoms with Crippen LogP contribution in [0.15, 0.2) is 18.5 Å². The van der Waals surface area contributed by atoms with Crippen LogP contribution in [0.4, 0.5) is 0 Å². The van der Waals surface area contributed by atoms with E-state index in [0.29, 0.717) is 0 Å². The van der Waals surface area contributed by atoms with Crippen LogP contribution in [0.2, 0.25) is 0 Å². The van der Waals surface area contributed by atoms with E-state index in [4.69, 9.17) is 0 Å². The molecule has 0 aliphatic heterocycles. The lowest BCUT2D eigenvalue weighted by Gasteiger charge is -1.94. The summed E-state index contributed by atoms with van der Waals surface area (Å²) < 4.78 is 1.85. The Morgan fingerprint density at radius 2 is 2.33 bits per heavy atom. The Morgan fingerprint density at radius 1 is 1.50 bits per heavy atom. The second kappa shape index (κ2) is 2.48. The van der Waals surface area contributed by atoms with Crippen molar-refractivity contribution >= 4 is 0 Å². The largest absolute Gasteiger partial charge is 0.285 e. The minimum Gasteiger partial charge on any atom is -0.285 e. The normalized spacial score (nSPS) is 10.5. The monoisotopic (exact) mass is 162 g/mol. The Balaban J connectivity index is 2.54. The van der Waals surface area contributed by atoms with Crippen molar-refractivity contribution < 1.29 is 0 Å². The number of H-pyrrole nitrogens is 1. The molecule has 0 aliphatic carbocycles. The number of nitrogens with one attached hydrogen (secondary N) is 1. The zero-order valence-electron chi connectivity index (χ0n) is 7.07. The maximum atomic E-state index is 4.24. The van der Waals surface area contributed by atoms with Gasteiger partial charge in [-0.05, 0) is 13.0 Å². The molecule has 0 spiro atoms. The molecule has 4 heteroatoms. The average Bonchev–Trinajstić information content (AvgIpc) is 2.58. The van der Waals surface area contributed by atoms with Gasteiger partial charge >= 0.3 is 0 Å². The van der Waals surface area contributed by atoms with Gasteiger partial charge in [-0.1, -0.05) is 0 Å². The van der Waals surface area contributed by atoms with Crippen LogP contribution in [-0.2, 0) is 7.05 Å². The number of hydrogen-bond acceptors (Lipinski definition) is 2. The molecule has 0 bridgehead atoms. The van der Waals surface area contributed by atoms with Gasteiger partial charge in [-0.3, -0.25) is 9.78 Å². The first-order valence-corrected chi connectivity index (χ1v) is 3.77. The molecule has 62 valence electrons. The predicted octanol–water partition coefficient (Wildman–Crippen LogP) is 1.12. The van der Waals surface area contributed by atoms with Gasteiger partial charge in [0.2, 0.25) is 0 Å². The Hall–Kier alpha value is -1.58. The fourth-order valence-electron chi connectivity index (χ4n) is 1.27. The molecule has 0 fully saturated rings. The molecule has 12 heavy (non-hydrogen) atoms. The molecular formula is C8H10N4. The highest BCUT2D eigenvalue weighted by Crippen LogP contribution is 2.17. The molecular weight excluding hydrogens is 152 g/mol. The number of hydrogen-bond donors (Lipinski definition) is 1. The highest BCUT2D eigenvalue weighted by Gasteiger charge is 2.04. The molecule has 0 amide bonds. The zero-order chi connectivity index (χ0) is 8.55. The van der Waals surface area contributed by atoms with E-state index in [1.54, 1.807) is 6.20 Å². The average molecular weight is 162 g/mol. The highest BCUT2D eigenvalue weighted by atomic mass is 15.3. The Labute approximate surface area is 70.2 Å². The summed E-state index contributed by atoms with van der Waals surface area (Å²) in [5.74, 6) is 0. The number of aryl methyl sites for hydroxylation is 2. The second-order valence-electron chi connectivity index (χ2n) is 2.78. The third-order valence-electron chi connectivity index (χ3n) is 1.80. The smallest absolute Gasteiger partial charge is 0.0713 e. The van der Waals surface area contributed by atoms with Gasteiger partial charge in [-0.15, -0.1) is 0 Å². The summed E-state index contributed by atoms with van der Waals surface area (Å²) in [5.41, 5.74) is 3.17. The van der Waals surface area contributed by atoms with Gasteiger partial charge < -0.3 is 0 Å². The van der Waals surface area contributed by atoms with E-state index in [1.165, 1.54) is 0 Å². The van der Waals surface area contributed by atoms with Crippen molar-refractivity contribution in [3.63, 3.8) is 0 Å². The van der Waals surface area contributed by atoms with Crippen LogP contribution < -0.4 is 0 Å². The minimum atomic E-state index is 1.02. The first-order chi connectivity index (χ1) is 5.77. The van der Waals surface area contributed by atoms with E-state index >= 15 is 0 Å². The molecule has 4 nitrogen and oxygen atoms in total. The quantitative estimate of drug-likeness (QED) is 0.683. The minimum absolute atomic E-state index is 1.02. The number of aromatic amines is 1. The van der Waals surface area contributed by atoms with Gasteiger partial charge in [-0.2, -0.15) is 10.2 Å². The summed E-state index contributed by atoms with van der Waals surface area (Å²) in [6.45, 7) is 1.98. The second-order valence-corrected chi connectivity index (χ2v) is 2.78. The third-order valence-corrected chi connectivity index (χ3v) is 1.80. The van der Waals surface area contributed by atoms with Crippen molar-refractivity contribution in [1.82, 2.24) is 20.0 Å². The van der Waals surface area contributed by atoms with Crippen LogP contribution in [0.3, 0.4) is 0 Å². The van der Waals surface area contributed by atoms with Crippen LogP contribution in [0.1, 0.15) is 5.69 Å². The standard InChI is InChI=1S/C8H10N4/c1-6-3-8(12(2)11-6)7-4-9-10-5-7/h3-5H,1-2H3,(H,9,10). The van der Waals surface area contributed by atoms with Crippen molar-refractivity contribution in [3.8, 4) is 11.3 Å². The van der Waals surface area contributed by atoms with Gasteiger partial charge in [0.05, 0.1) is 17.6 Å². The van der Waals surface area contributed by atoms with Gasteiger partial charge in [0.15, 0.2) is 0 Å². The van der Waals surface area contributed by atoms with Crippen LogP contribution >= 0.6 is 0 Å². The van der Waals surface area contributed by atoms with E-state index < -0.39 is 0 Å². The lowest BCUT2D eigenvalue weighted by atomic mass is 10.2. The van der Waals surface area contributed by atoms with Crippen molar-refractivity contribution in [3.05, 3.63) is 24.2 Å². The molecule has 2 aromatic rings. The van der Waals surface area contributed by atoms with Gasteiger partial charge in [0.25, 0.3) is 0 Å². The molecule has 2 heterocycles. The fourth-order valence-corrected chi connectivity index (χ4v) is 1.27. The molecule has 0 saturated carbocycles. The molecule has 0 radical (unpaired) electrons. The Kier molecular flexibility index (Phi) is 1.46. The lowest BCUT2D eigenvalue weighted by molar-refractivity contribution is 0.764. The summed E-state index contributed by atoms with van der Waals surface area (Å²) in [7, 11) is 1.93. The van der Waals surface area contributed by atoms with E-state index in [0.717, 1.165) is 17.0 Å². The Morgan fingerprint density at radius 3 is 2.83 bits per heavy atom. The predicted molar refractivity (Wildman–Crippen MR) is 45.5 cm³/mol. The molecule has 0 atom stereocenters. The Bertz CT molecular complexity index is 372. The number of nitrogens with zero attached hydrogens (tertiary/aromatic N) is 3. The molecule has 1 N–H and O–H groups in total. The van der Waals surface area contributed by atoms with Crippen molar-refractivity contribution in [2.45, 2.75) is 6.92 Å². The summed E-state index contributed by atoms with van der Waals surface area (Å²) in [6.07, 6.45) is 3.65. The molecule has 0 saturated heterocycles. The third kappa shape index (κ3) is 1.01. The number of rotatable bonds is 1. The first kappa shape index (κ1) is 7.09. The van der Waals surface area contributed by atoms with Crippen LogP contribution in [0.5, 0.6) is 0 Å². The van der Waals surface area contributed by atoms with Crippen molar-refractivity contribution in [2.24, 2.45) is 7.05 Å². The highest BCUT2D eigenvalue weighted by molar-refractivity contribution is 5.57. The number of aromatic nitrogens is 4. The first-order valence-electron chi connectivity index (χ1n) is 3.77. The summed E-state index contributed by atoms with van der Waals surface area (Å²) >= 11 is 0. The topological polar surface area (TPSA) is 46.5 Å². The summed E-state index contributed by atoms with van der Waals surface area (Å²) in [5, 5.41) is 10.9. The maximum absolute atomic E-state index is 4.24. The molecule has 0 unspecified atom stereocenters. The molecule has 2 aromatic heterocycles. The van der Waals surface area contributed by atoms with E-state index in [9.17, 15) is 0 Å². The fraction of sp³-hybridized carbons (Fsp3) is 0.250. The maximum Gasteiger partial charge on any atom is 0.0713 e. The molecule has 0 aliphatic rings. The van der Waals surface area contributed by atoms with Crippen molar-refractivity contribution in [2.75, 3.05) is 0 Å². The molecule has 0 aromatic carbocycles. The van der Waals surface area contributed by atoms with Crippen molar-refractivity contribution in [1.29, 1.82) is 0 Å². The van der Waals surface area contributed by atoms with Crippen LogP contribution in [-0.4, -0.2) is 20.0 Å². The van der Waals surface area contributed by atoms with E-state index in [1.807, 2.05) is 30.9 Å². The SMILES string of the molecule is Cc1cc(-c2cn[nH]c2)n(C)n1. The van der Waals surface area contributed by atoms with Crippen LogP contribution in [0.25, 0.3) is 11.3 Å². The zero-order valence-corrected chi connectivity index (χ0v) is 7.07. The van der Waals surface area contributed by atoms with Crippen LogP contribution in [0, 0.1) is 6.92 Å².